The van der Waals surface area contributed by atoms with E-state index >= 15 is 0 Å². The molecule has 0 saturated heterocycles. The summed E-state index contributed by atoms with van der Waals surface area (Å²) in [5.74, 6) is -1.31. The molecule has 0 radical (unpaired) electrons. The number of aromatic nitrogens is 1. The number of rotatable bonds is 6. The third kappa shape index (κ3) is 5.31. The van der Waals surface area contributed by atoms with Crippen LogP contribution in [0.4, 0.5) is 5.69 Å². The largest absolute Gasteiger partial charge is 0.478 e. The van der Waals surface area contributed by atoms with Gasteiger partial charge in [-0.25, -0.2) is 4.79 Å². The molecule has 8 nitrogen and oxygen atoms in total. The van der Waals surface area contributed by atoms with Crippen LogP contribution in [0.2, 0.25) is 5.02 Å². The van der Waals surface area contributed by atoms with Crippen molar-refractivity contribution in [2.45, 2.75) is 13.1 Å². The van der Waals surface area contributed by atoms with E-state index in [0.29, 0.717) is 23.4 Å². The summed E-state index contributed by atoms with van der Waals surface area (Å²) in [6, 6.07) is 30.8. The topological polar surface area (TPSA) is 106 Å². The van der Waals surface area contributed by atoms with Crippen molar-refractivity contribution in [2.24, 2.45) is 0 Å². The molecule has 1 aromatic heterocycles. The van der Waals surface area contributed by atoms with Crippen LogP contribution in [0, 0.1) is 10.1 Å². The summed E-state index contributed by atoms with van der Waals surface area (Å²) in [6.45, 7) is 0.690. The Morgan fingerprint density at radius 2 is 1.51 bits per heavy atom. The van der Waals surface area contributed by atoms with Crippen molar-refractivity contribution in [3.63, 3.8) is 0 Å². The molecule has 1 N–H and O–H groups in total. The Balaban J connectivity index is 1.38. The van der Waals surface area contributed by atoms with Gasteiger partial charge in [-0.2, -0.15) is 0 Å². The number of amides is 1. The molecule has 2 heterocycles. The number of nitrogens with zero attached hydrogens (tertiary/aromatic N) is 3. The summed E-state index contributed by atoms with van der Waals surface area (Å²) in [6.07, 6.45) is 2.36. The Labute approximate surface area is 251 Å². The number of aromatic carboxylic acids is 1. The fourth-order valence-electron chi connectivity index (χ4n) is 5.52. The van der Waals surface area contributed by atoms with E-state index in [-0.39, 0.29) is 23.0 Å². The van der Waals surface area contributed by atoms with Gasteiger partial charge in [0.05, 0.1) is 27.6 Å². The third-order valence-electron chi connectivity index (χ3n) is 7.53. The second-order valence-electron chi connectivity index (χ2n) is 10.0. The number of hydrogen-bond donors (Lipinski definition) is 1. The van der Waals surface area contributed by atoms with Crippen LogP contribution in [0.1, 0.15) is 37.7 Å². The summed E-state index contributed by atoms with van der Waals surface area (Å²) in [7, 11) is 0. The summed E-state index contributed by atoms with van der Waals surface area (Å²) in [5.41, 5.74) is 6.46. The van der Waals surface area contributed by atoms with Gasteiger partial charge in [0.1, 0.15) is 0 Å². The molecule has 1 aliphatic rings. The van der Waals surface area contributed by atoms with E-state index in [1.165, 1.54) is 6.08 Å². The first kappa shape index (κ1) is 27.7. The van der Waals surface area contributed by atoms with E-state index < -0.39 is 10.9 Å². The highest BCUT2D eigenvalue weighted by Gasteiger charge is 2.27. The SMILES string of the molecule is O=C(O)c1ccccc1-c1ccccc1-c1ccc(C(=O)N2Cc3ccc(/C=C/[N+](=O)[O-])n3Cc3ccccc32)c(Cl)c1. The van der Waals surface area contributed by atoms with Crippen LogP contribution in [-0.2, 0) is 13.1 Å². The third-order valence-corrected chi connectivity index (χ3v) is 7.85. The smallest absolute Gasteiger partial charge is 0.336 e. The molecular weight excluding hydrogens is 566 g/mol. The van der Waals surface area contributed by atoms with Crippen LogP contribution in [0.5, 0.6) is 0 Å². The lowest BCUT2D eigenvalue weighted by atomic mass is 9.91. The number of fused-ring (bicyclic) bond motifs is 2. The molecule has 0 aliphatic carbocycles. The molecule has 9 heteroatoms. The molecule has 1 aliphatic heterocycles. The van der Waals surface area contributed by atoms with Gasteiger partial charge in [-0.3, -0.25) is 14.9 Å². The highest BCUT2D eigenvalue weighted by Crippen LogP contribution is 2.37. The Morgan fingerprint density at radius 3 is 2.26 bits per heavy atom. The number of carboxylic acid groups (broad SMARTS) is 1. The zero-order valence-corrected chi connectivity index (χ0v) is 23.4. The fourth-order valence-corrected chi connectivity index (χ4v) is 5.78. The first-order chi connectivity index (χ1) is 20.8. The predicted molar refractivity (Wildman–Crippen MR) is 166 cm³/mol. The van der Waals surface area contributed by atoms with E-state index in [2.05, 4.69) is 0 Å². The van der Waals surface area contributed by atoms with Gasteiger partial charge in [0.25, 0.3) is 5.91 Å². The van der Waals surface area contributed by atoms with Crippen LogP contribution >= 0.6 is 11.6 Å². The molecule has 1 amide bonds. The molecule has 0 fully saturated rings. The number of carbonyl (C=O) groups excluding carboxylic acids is 1. The molecule has 0 atom stereocenters. The number of carboxylic acids is 1. The minimum absolute atomic E-state index is 0.189. The number of halogens is 1. The number of hydrogen-bond acceptors (Lipinski definition) is 4. The van der Waals surface area contributed by atoms with Gasteiger partial charge in [-0.1, -0.05) is 78.3 Å². The summed E-state index contributed by atoms with van der Waals surface area (Å²) >= 11 is 6.80. The maximum Gasteiger partial charge on any atom is 0.336 e. The normalized spacial score (nSPS) is 12.4. The van der Waals surface area contributed by atoms with E-state index in [9.17, 15) is 24.8 Å². The molecule has 0 unspecified atom stereocenters. The lowest BCUT2D eigenvalue weighted by molar-refractivity contribution is -0.401. The molecule has 6 rings (SSSR count). The van der Waals surface area contributed by atoms with Crippen LogP contribution in [0.3, 0.4) is 0 Å². The van der Waals surface area contributed by atoms with Gasteiger partial charge in [0, 0.05) is 29.7 Å². The Bertz CT molecular complexity index is 1940. The Hall–Kier alpha value is -5.47. The quantitative estimate of drug-likeness (QED) is 0.162. The number of nitro groups is 1. The number of anilines is 1. The first-order valence-corrected chi connectivity index (χ1v) is 13.8. The highest BCUT2D eigenvalue weighted by atomic mass is 35.5. The van der Waals surface area contributed by atoms with Crippen LogP contribution in [0.15, 0.2) is 109 Å². The molecule has 0 saturated carbocycles. The van der Waals surface area contributed by atoms with Crippen molar-refractivity contribution < 1.29 is 19.6 Å². The first-order valence-electron chi connectivity index (χ1n) is 13.4. The average molecular weight is 590 g/mol. The van der Waals surface area contributed by atoms with E-state index in [0.717, 1.165) is 39.8 Å². The molecule has 4 aromatic carbocycles. The fraction of sp³-hybridized carbons (Fsp3) is 0.0588. The minimum atomic E-state index is -1.02. The van der Waals surface area contributed by atoms with Crippen molar-refractivity contribution in [1.29, 1.82) is 0 Å². The van der Waals surface area contributed by atoms with Crippen molar-refractivity contribution in [1.82, 2.24) is 4.57 Å². The predicted octanol–water partition coefficient (Wildman–Crippen LogP) is 7.63. The van der Waals surface area contributed by atoms with Gasteiger partial charge < -0.3 is 14.6 Å². The monoisotopic (exact) mass is 589 g/mol. The van der Waals surface area contributed by atoms with E-state index in [4.69, 9.17) is 11.6 Å². The summed E-state index contributed by atoms with van der Waals surface area (Å²) in [4.78, 5) is 38.1. The second-order valence-corrected chi connectivity index (χ2v) is 10.5. The maximum absolute atomic E-state index is 14.1. The standard InChI is InChI=1S/C34H24ClN3O5/c35-31-19-22(26-8-2-3-9-27(26)28-10-4-5-11-29(28)34(40)41)13-16-30(31)33(39)37-21-25-15-14-24(17-18-38(42)43)36(25)20-23-7-1-6-12-32(23)37/h1-19H,20-21H2,(H,40,41)/b18-17+. The Morgan fingerprint density at radius 1 is 0.814 bits per heavy atom. The number of benzene rings is 4. The van der Waals surface area contributed by atoms with Crippen molar-refractivity contribution in [3.8, 4) is 22.3 Å². The van der Waals surface area contributed by atoms with E-state index in [1.54, 1.807) is 47.4 Å². The lowest BCUT2D eigenvalue weighted by Crippen LogP contribution is -2.30. The van der Waals surface area contributed by atoms with Crippen molar-refractivity contribution >= 4 is 35.2 Å². The van der Waals surface area contributed by atoms with Gasteiger partial charge in [-0.15, -0.1) is 0 Å². The van der Waals surface area contributed by atoms with Crippen LogP contribution in [0.25, 0.3) is 28.3 Å². The average Bonchev–Trinajstić information content (AvgIpc) is 3.30. The molecule has 0 spiro atoms. The van der Waals surface area contributed by atoms with E-state index in [1.807, 2.05) is 65.2 Å². The minimum Gasteiger partial charge on any atom is -0.478 e. The van der Waals surface area contributed by atoms with Gasteiger partial charge in [0.2, 0.25) is 6.20 Å². The molecular formula is C34H24ClN3O5. The molecule has 212 valence electrons. The maximum atomic E-state index is 14.1. The second kappa shape index (κ2) is 11.4. The zero-order valence-electron chi connectivity index (χ0n) is 22.7. The van der Waals surface area contributed by atoms with Crippen molar-refractivity contribution in [3.05, 3.63) is 153 Å². The summed E-state index contributed by atoms with van der Waals surface area (Å²) in [5, 5.41) is 20.9. The summed E-state index contributed by atoms with van der Waals surface area (Å²) < 4.78 is 1.96. The van der Waals surface area contributed by atoms with Gasteiger partial charge in [0.15, 0.2) is 0 Å². The van der Waals surface area contributed by atoms with Crippen molar-refractivity contribution in [2.75, 3.05) is 4.90 Å². The highest BCUT2D eigenvalue weighted by molar-refractivity contribution is 6.35. The lowest BCUT2D eigenvalue weighted by Gasteiger charge is -2.23. The van der Waals surface area contributed by atoms with Gasteiger partial charge in [-0.05, 0) is 64.2 Å². The Kier molecular flexibility index (Phi) is 7.36. The zero-order chi connectivity index (χ0) is 30.1. The molecule has 0 bridgehead atoms. The van der Waals surface area contributed by atoms with Crippen LogP contribution < -0.4 is 4.90 Å². The number of carbonyl (C=O) groups is 2. The molecule has 5 aromatic rings. The molecule has 43 heavy (non-hydrogen) atoms. The van der Waals surface area contributed by atoms with Gasteiger partial charge >= 0.3 is 5.97 Å². The number of para-hydroxylation sites is 1. The van der Waals surface area contributed by atoms with Crippen LogP contribution in [-0.4, -0.2) is 26.5 Å².